The largest absolute Gasteiger partial charge is 2.00 e. The molecule has 0 spiro atoms. The van der Waals surface area contributed by atoms with Crippen LogP contribution < -0.4 is 25.0 Å². The second-order valence-corrected chi connectivity index (χ2v) is 19.3. The first-order valence-electron chi connectivity index (χ1n) is 22.0. The van der Waals surface area contributed by atoms with E-state index in [4.69, 9.17) is 32.7 Å². The van der Waals surface area contributed by atoms with Crippen molar-refractivity contribution < 1.29 is 55.5 Å². The first-order chi connectivity index (χ1) is 35.3. The molecule has 0 unspecified atom stereocenters. The first-order valence-corrected chi connectivity index (χ1v) is 25.7. The summed E-state index contributed by atoms with van der Waals surface area (Å²) in [7, 11) is -6.47. The van der Waals surface area contributed by atoms with Crippen LogP contribution in [-0.2, 0) is 33.1 Å². The van der Waals surface area contributed by atoms with Gasteiger partial charge in [-0.25, -0.2) is 0 Å². The first kappa shape index (κ1) is 57.6. The van der Waals surface area contributed by atoms with Gasteiger partial charge in [-0.15, -0.1) is 15.3 Å². The maximum absolute atomic E-state index is 13.4. The molecule has 380 valence electrons. The molecular weight excluding hydrogens is 1080 g/mol. The van der Waals surface area contributed by atoms with Gasteiger partial charge in [-0.2, -0.15) is 21.9 Å². The second kappa shape index (κ2) is 24.7. The van der Waals surface area contributed by atoms with Gasteiger partial charge in [-0.05, 0) is 94.7 Å². The number of carbonyl (C=O) groups excluding carboxylic acids is 1. The molecule has 75 heavy (non-hydrogen) atoms. The van der Waals surface area contributed by atoms with Crippen LogP contribution >= 0.6 is 23.2 Å². The number of halogens is 2. The van der Waals surface area contributed by atoms with Crippen LogP contribution in [0.1, 0.15) is 40.9 Å². The standard InChI is InChI=1S/2C26H22ClN3O6S.Ca/c2*1-3-15-12-13-21(37(33,34)35)24(22(15)27)30-29-23-17-9-5-4-8-16(17)14-18(25(23)31)26(32)28-19-10-6-7-11-20(19)36-2;/h2*4-14,31H,3H2,1-2H3,(H,28,32)(H,33,34,35);/q;;+2/p-2. The summed E-state index contributed by atoms with van der Waals surface area (Å²) in [6, 6.07) is 35.1. The van der Waals surface area contributed by atoms with Crippen LogP contribution in [0.4, 0.5) is 34.1 Å². The maximum atomic E-state index is 13.4. The third kappa shape index (κ3) is 12.9. The van der Waals surface area contributed by atoms with Gasteiger partial charge >= 0.3 is 37.7 Å². The van der Waals surface area contributed by atoms with Crippen LogP contribution in [0.15, 0.2) is 169 Å². The Bertz CT molecular complexity index is 3830. The van der Waals surface area contributed by atoms with Crippen molar-refractivity contribution in [1.82, 2.24) is 0 Å². The van der Waals surface area contributed by atoms with Crippen molar-refractivity contribution in [2.24, 2.45) is 25.4 Å². The SMILES string of the molecule is CCc1ccc(S(=O)(=O)O)c(N=Nc2c(O)c(C(=O)Nc3ccccc3OC)cc3ccccc23)c1Cl.CCc1ccc(S(=O)(=O)O)c(N=Nc2c([O-])c(C([O-])=Nc3ccccc3OC)cc3ccccc23)c1Cl.[Ca+2]. The molecule has 1 amide bonds. The number of amides is 1. The minimum atomic E-state index is -4.70. The molecule has 8 aromatic carbocycles. The smallest absolute Gasteiger partial charge is 0.871 e. The Hall–Kier alpha value is -6.72. The van der Waals surface area contributed by atoms with Gasteiger partial charge < -0.3 is 30.1 Å². The van der Waals surface area contributed by atoms with Gasteiger partial charge in [0.2, 0.25) is 0 Å². The monoisotopic (exact) mass is 1120 g/mol. The summed E-state index contributed by atoms with van der Waals surface area (Å²) in [5, 5.41) is 58.3. The number of phenols is 1. The molecule has 0 heterocycles. The summed E-state index contributed by atoms with van der Waals surface area (Å²) >= 11 is 12.7. The third-order valence-electron chi connectivity index (χ3n) is 11.2. The number of para-hydroxylation sites is 4. The van der Waals surface area contributed by atoms with Crippen LogP contribution in [0.2, 0.25) is 10.0 Å². The zero-order valence-corrected chi connectivity index (χ0v) is 45.5. The van der Waals surface area contributed by atoms with Gasteiger partial charge in [0.15, 0.2) is 5.75 Å². The van der Waals surface area contributed by atoms with Crippen molar-refractivity contribution in [3.05, 3.63) is 166 Å². The molecule has 0 aliphatic heterocycles. The molecule has 8 rings (SSSR count). The van der Waals surface area contributed by atoms with E-state index in [1.54, 1.807) is 104 Å². The van der Waals surface area contributed by atoms with Crippen LogP contribution in [0.25, 0.3) is 21.5 Å². The number of carbonyl (C=O) groups is 1. The molecule has 0 bridgehead atoms. The normalized spacial score (nSPS) is 11.9. The van der Waals surface area contributed by atoms with E-state index in [9.17, 15) is 46.1 Å². The zero-order valence-electron chi connectivity index (χ0n) is 40.1. The number of anilines is 1. The number of nitrogens with zero attached hydrogens (tertiary/aromatic N) is 5. The fourth-order valence-electron chi connectivity index (χ4n) is 7.51. The number of rotatable bonds is 14. The number of fused-ring (bicyclic) bond motifs is 2. The Morgan fingerprint density at radius 2 is 1.05 bits per heavy atom. The van der Waals surface area contributed by atoms with E-state index < -0.39 is 53.3 Å². The average molecular weight is 1120 g/mol. The molecule has 0 saturated heterocycles. The van der Waals surface area contributed by atoms with Crippen molar-refractivity contribution in [3.8, 4) is 23.0 Å². The fourth-order valence-corrected chi connectivity index (χ4v) is 9.55. The molecule has 0 aliphatic carbocycles. The van der Waals surface area contributed by atoms with Crippen LogP contribution in [-0.4, -0.2) is 94.8 Å². The third-order valence-corrected chi connectivity index (χ3v) is 13.9. The van der Waals surface area contributed by atoms with E-state index in [1.165, 1.54) is 44.6 Å². The minimum Gasteiger partial charge on any atom is -0.871 e. The molecule has 0 aliphatic rings. The average Bonchev–Trinajstić information content (AvgIpc) is 3.38. The molecule has 0 fully saturated rings. The number of benzene rings is 8. The number of hydrogen-bond donors (Lipinski definition) is 4. The van der Waals surface area contributed by atoms with E-state index in [2.05, 4.69) is 30.8 Å². The second-order valence-electron chi connectivity index (χ2n) is 15.7. The Balaban J connectivity index is 0.000000241. The van der Waals surface area contributed by atoms with Crippen molar-refractivity contribution >= 4 is 149 Å². The predicted molar refractivity (Wildman–Crippen MR) is 285 cm³/mol. The van der Waals surface area contributed by atoms with Crippen molar-refractivity contribution in [2.45, 2.75) is 36.5 Å². The molecule has 23 heteroatoms. The van der Waals surface area contributed by atoms with Gasteiger partial charge in [-0.1, -0.05) is 128 Å². The van der Waals surface area contributed by atoms with Crippen LogP contribution in [0.3, 0.4) is 0 Å². The summed E-state index contributed by atoms with van der Waals surface area (Å²) in [5.41, 5.74) is 0.538. The Kier molecular flexibility index (Phi) is 19.0. The summed E-state index contributed by atoms with van der Waals surface area (Å²) in [5.74, 6) is -1.91. The van der Waals surface area contributed by atoms with E-state index in [0.29, 0.717) is 62.7 Å². The maximum Gasteiger partial charge on any atom is 2.00 e. The van der Waals surface area contributed by atoms with Gasteiger partial charge in [0.1, 0.15) is 44.0 Å². The Labute approximate surface area is 470 Å². The fraction of sp³-hybridized carbons (Fsp3) is 0.115. The van der Waals surface area contributed by atoms with Crippen molar-refractivity contribution in [3.63, 3.8) is 0 Å². The number of hydrogen-bond acceptors (Lipinski definition) is 15. The van der Waals surface area contributed by atoms with Crippen molar-refractivity contribution in [1.29, 1.82) is 0 Å². The van der Waals surface area contributed by atoms with Crippen LogP contribution in [0, 0.1) is 0 Å². The Morgan fingerprint density at radius 1 is 0.613 bits per heavy atom. The Morgan fingerprint density at radius 3 is 1.57 bits per heavy atom. The van der Waals surface area contributed by atoms with E-state index >= 15 is 0 Å². The molecule has 4 N–H and O–H groups in total. The number of azo groups is 2. The number of aliphatic imine (C=N–C) groups is 1. The quantitative estimate of drug-likeness (QED) is 0.0260. The number of methoxy groups -OCH3 is 2. The number of aryl methyl sites for hydroxylation is 2. The molecule has 0 atom stereocenters. The zero-order chi connectivity index (χ0) is 53.5. The van der Waals surface area contributed by atoms with E-state index in [0.717, 1.165) is 6.07 Å². The number of ether oxygens (including phenoxy) is 2. The molecule has 8 aromatic rings. The number of nitrogens with one attached hydrogen (secondary N) is 1. The number of aromatic hydroxyl groups is 1. The summed E-state index contributed by atoms with van der Waals surface area (Å²) in [4.78, 5) is 16.1. The topological polar surface area (TPSA) is 284 Å². The minimum absolute atomic E-state index is 0. The van der Waals surface area contributed by atoms with Gasteiger partial charge in [0.05, 0.1) is 41.2 Å². The van der Waals surface area contributed by atoms with Gasteiger partial charge in [0, 0.05) is 10.8 Å². The molecule has 0 radical (unpaired) electrons. The molecule has 18 nitrogen and oxygen atoms in total. The van der Waals surface area contributed by atoms with E-state index in [-0.39, 0.29) is 87.3 Å². The molecule has 0 saturated carbocycles. The summed E-state index contributed by atoms with van der Waals surface area (Å²) in [6.45, 7) is 3.62. The summed E-state index contributed by atoms with van der Waals surface area (Å²) in [6.07, 6.45) is 0.928. The van der Waals surface area contributed by atoms with E-state index in [1.807, 2.05) is 6.92 Å². The van der Waals surface area contributed by atoms with Gasteiger partial charge in [-0.3, -0.25) is 18.9 Å². The molecule has 0 aromatic heterocycles. The summed E-state index contributed by atoms with van der Waals surface area (Å²) < 4.78 is 77.6. The number of phenolic OH excluding ortho intramolecular Hbond substituents is 1. The predicted octanol–water partition coefficient (Wildman–Crippen LogP) is 11.5. The molecular formula is C52H42CaCl2N6O12S2. The van der Waals surface area contributed by atoms with Crippen molar-refractivity contribution in [2.75, 3.05) is 19.5 Å². The van der Waals surface area contributed by atoms with Crippen LogP contribution in [0.5, 0.6) is 23.0 Å². The van der Waals surface area contributed by atoms with Gasteiger partial charge in [0.25, 0.3) is 26.1 Å².